The largest absolute Gasteiger partial charge is 0.456 e. The van der Waals surface area contributed by atoms with Crippen LogP contribution in [0.2, 0.25) is 0 Å². The van der Waals surface area contributed by atoms with Gasteiger partial charge in [0.25, 0.3) is 5.69 Å². The van der Waals surface area contributed by atoms with E-state index in [9.17, 15) is 14.9 Å². The minimum atomic E-state index is -0.674. The fraction of sp³-hybridized carbons (Fsp3) is 0.423. The lowest BCUT2D eigenvalue weighted by atomic mass is 10.0. The molecule has 0 unspecified atom stereocenters. The van der Waals surface area contributed by atoms with Gasteiger partial charge in [0.2, 0.25) is 0 Å². The van der Waals surface area contributed by atoms with E-state index in [1.54, 1.807) is 0 Å². The Morgan fingerprint density at radius 3 is 2.49 bits per heavy atom. The molecule has 2 aromatic carbocycles. The number of esters is 1. The Kier molecular flexibility index (Phi) is 8.25. The lowest BCUT2D eigenvalue weighted by Crippen LogP contribution is -2.52. The minimum absolute atomic E-state index is 0.0865. The molecule has 4 rings (SSSR count). The van der Waals surface area contributed by atoms with Crippen LogP contribution < -0.4 is 0 Å². The molecule has 2 aromatic rings. The molecule has 6 atom stereocenters. The van der Waals surface area contributed by atoms with Crippen LogP contribution in [0.3, 0.4) is 0 Å². The predicted octanol–water partition coefficient (Wildman–Crippen LogP) is 4.55. The zero-order chi connectivity index (χ0) is 24.8. The molecule has 0 amide bonds. The van der Waals surface area contributed by atoms with E-state index in [4.69, 9.17) is 23.7 Å². The summed E-state index contributed by atoms with van der Waals surface area (Å²) in [6, 6.07) is 15.0. The molecule has 0 radical (unpaired) electrons. The van der Waals surface area contributed by atoms with Crippen LogP contribution in [0.4, 0.5) is 5.69 Å². The van der Waals surface area contributed by atoms with Gasteiger partial charge in [-0.3, -0.25) is 10.1 Å². The van der Waals surface area contributed by atoms with Gasteiger partial charge in [-0.1, -0.05) is 42.5 Å². The van der Waals surface area contributed by atoms with Crippen molar-refractivity contribution in [3.05, 3.63) is 88.0 Å². The monoisotopic (exact) mass is 483 g/mol. The number of non-ortho nitro benzene ring substituents is 1. The number of nitro groups is 1. The molecule has 0 saturated carbocycles. The molecule has 0 spiro atoms. The predicted molar refractivity (Wildman–Crippen MR) is 125 cm³/mol. The number of carbonyl (C=O) groups excluding carboxylic acids is 1. The molecular weight excluding hydrogens is 454 g/mol. The fourth-order valence-corrected chi connectivity index (χ4v) is 4.09. The maximum Gasteiger partial charge on any atom is 0.338 e. The molecule has 9 nitrogen and oxygen atoms in total. The van der Waals surface area contributed by atoms with Gasteiger partial charge in [-0.25, -0.2) is 4.79 Å². The van der Waals surface area contributed by atoms with E-state index in [0.29, 0.717) is 13.0 Å². The first-order chi connectivity index (χ1) is 16.9. The lowest BCUT2D eigenvalue weighted by molar-refractivity contribution is -0.384. The highest BCUT2D eigenvalue weighted by Gasteiger charge is 2.42. The molecule has 0 aliphatic carbocycles. The molecule has 9 heteroatoms. The minimum Gasteiger partial charge on any atom is -0.456 e. The Morgan fingerprint density at radius 1 is 1.06 bits per heavy atom. The van der Waals surface area contributed by atoms with Gasteiger partial charge in [-0.15, -0.1) is 0 Å². The van der Waals surface area contributed by atoms with Crippen LogP contribution in [0.5, 0.6) is 0 Å². The molecule has 2 heterocycles. The van der Waals surface area contributed by atoms with Crippen molar-refractivity contribution in [2.45, 2.75) is 70.3 Å². The molecule has 186 valence electrons. The topological polar surface area (TPSA) is 106 Å². The second-order valence-corrected chi connectivity index (χ2v) is 8.59. The Bertz CT molecular complexity index is 1030. The van der Waals surface area contributed by atoms with E-state index in [1.165, 1.54) is 24.3 Å². The van der Waals surface area contributed by atoms with Crippen LogP contribution in [0.15, 0.2) is 66.7 Å². The van der Waals surface area contributed by atoms with Crippen molar-refractivity contribution < 1.29 is 33.4 Å². The Hall–Kier alpha value is -3.11. The van der Waals surface area contributed by atoms with Crippen LogP contribution in [-0.4, -0.2) is 47.9 Å². The summed E-state index contributed by atoms with van der Waals surface area (Å²) in [5.41, 5.74) is 1.10. The number of carbonyl (C=O) groups is 1. The molecule has 35 heavy (non-hydrogen) atoms. The second-order valence-electron chi connectivity index (χ2n) is 8.59. The first kappa shape index (κ1) is 25.0. The third kappa shape index (κ3) is 6.73. The van der Waals surface area contributed by atoms with Gasteiger partial charge in [-0.2, -0.15) is 0 Å². The van der Waals surface area contributed by atoms with Crippen molar-refractivity contribution in [2.24, 2.45) is 0 Å². The van der Waals surface area contributed by atoms with Crippen molar-refractivity contribution >= 4 is 11.7 Å². The SMILES string of the molecule is C[C@@H]1C=CC[C@H](O[C@@H]2[C@@H](C)O[C@@H](OCc3ccccc3)C[C@H]2OC(=O)c2ccc([N+](=O)[O-])cc2)O1. The highest BCUT2D eigenvalue weighted by atomic mass is 16.7. The third-order valence-electron chi connectivity index (χ3n) is 5.88. The Balaban J connectivity index is 1.46. The Labute approximate surface area is 203 Å². The van der Waals surface area contributed by atoms with Crippen molar-refractivity contribution in [1.82, 2.24) is 0 Å². The summed E-state index contributed by atoms with van der Waals surface area (Å²) < 4.78 is 29.9. The molecule has 0 N–H and O–H groups in total. The smallest absolute Gasteiger partial charge is 0.338 e. The van der Waals surface area contributed by atoms with E-state index in [-0.39, 0.29) is 23.8 Å². The molecule has 2 aliphatic rings. The van der Waals surface area contributed by atoms with Crippen LogP contribution in [0.25, 0.3) is 0 Å². The van der Waals surface area contributed by atoms with Crippen LogP contribution in [-0.2, 0) is 30.3 Å². The molecule has 1 fully saturated rings. The summed E-state index contributed by atoms with van der Waals surface area (Å²) >= 11 is 0. The van der Waals surface area contributed by atoms with E-state index < -0.39 is 41.8 Å². The number of ether oxygens (including phenoxy) is 5. The number of rotatable bonds is 8. The van der Waals surface area contributed by atoms with Gasteiger partial charge in [0, 0.05) is 25.0 Å². The molecule has 2 aliphatic heterocycles. The number of hydrogen-bond donors (Lipinski definition) is 0. The average molecular weight is 484 g/mol. The summed E-state index contributed by atoms with van der Waals surface area (Å²) in [5.74, 6) is -0.604. The highest BCUT2D eigenvalue weighted by molar-refractivity contribution is 5.89. The van der Waals surface area contributed by atoms with Gasteiger partial charge < -0.3 is 23.7 Å². The van der Waals surface area contributed by atoms with Gasteiger partial charge >= 0.3 is 5.97 Å². The lowest BCUT2D eigenvalue weighted by Gasteiger charge is -2.41. The summed E-state index contributed by atoms with van der Waals surface area (Å²) in [6.07, 6.45) is 1.91. The van der Waals surface area contributed by atoms with Crippen LogP contribution >= 0.6 is 0 Å². The van der Waals surface area contributed by atoms with E-state index in [1.807, 2.05) is 56.3 Å². The number of hydrogen-bond acceptors (Lipinski definition) is 8. The van der Waals surface area contributed by atoms with Crippen molar-refractivity contribution in [2.75, 3.05) is 0 Å². The zero-order valence-corrected chi connectivity index (χ0v) is 19.6. The number of nitro benzene ring substituents is 1. The zero-order valence-electron chi connectivity index (χ0n) is 19.6. The quantitative estimate of drug-likeness (QED) is 0.233. The first-order valence-corrected chi connectivity index (χ1v) is 11.6. The maximum absolute atomic E-state index is 12.9. The first-order valence-electron chi connectivity index (χ1n) is 11.6. The molecule has 1 saturated heterocycles. The standard InChI is InChI=1S/C26H29NO8/c1-17-7-6-10-23(32-17)35-25-18(2)33-24(31-16-19-8-4-3-5-9-19)15-22(25)34-26(28)20-11-13-21(14-12-20)27(29)30/h3-9,11-14,17-18,22-25H,10,15-16H2,1-2H3/t17-,18-,22-,23+,24-,25-/m1/s1. The summed E-state index contributed by atoms with van der Waals surface area (Å²) in [7, 11) is 0. The molecule has 0 bridgehead atoms. The molecular formula is C26H29NO8. The van der Waals surface area contributed by atoms with Crippen molar-refractivity contribution in [3.8, 4) is 0 Å². The van der Waals surface area contributed by atoms with E-state index in [2.05, 4.69) is 0 Å². The highest BCUT2D eigenvalue weighted by Crippen LogP contribution is 2.30. The van der Waals surface area contributed by atoms with Gasteiger partial charge in [0.1, 0.15) is 12.2 Å². The normalized spacial score (nSPS) is 28.4. The van der Waals surface area contributed by atoms with E-state index >= 15 is 0 Å². The van der Waals surface area contributed by atoms with Gasteiger partial charge in [0.05, 0.1) is 29.3 Å². The Morgan fingerprint density at radius 2 is 1.80 bits per heavy atom. The number of benzene rings is 2. The van der Waals surface area contributed by atoms with Gasteiger partial charge in [0.15, 0.2) is 12.6 Å². The van der Waals surface area contributed by atoms with Gasteiger partial charge in [-0.05, 0) is 31.5 Å². The van der Waals surface area contributed by atoms with Crippen LogP contribution in [0, 0.1) is 10.1 Å². The maximum atomic E-state index is 12.9. The summed E-state index contributed by atoms with van der Waals surface area (Å²) in [6.45, 7) is 4.12. The van der Waals surface area contributed by atoms with Crippen molar-refractivity contribution in [1.29, 1.82) is 0 Å². The fourth-order valence-electron chi connectivity index (χ4n) is 4.09. The molecule has 0 aromatic heterocycles. The van der Waals surface area contributed by atoms with Crippen LogP contribution in [0.1, 0.15) is 42.6 Å². The van der Waals surface area contributed by atoms with E-state index in [0.717, 1.165) is 5.56 Å². The summed E-state index contributed by atoms with van der Waals surface area (Å²) in [5, 5.41) is 10.9. The second kappa shape index (κ2) is 11.5. The third-order valence-corrected chi connectivity index (χ3v) is 5.88. The number of nitrogens with zero attached hydrogens (tertiary/aromatic N) is 1. The van der Waals surface area contributed by atoms with Crippen molar-refractivity contribution in [3.63, 3.8) is 0 Å². The summed E-state index contributed by atoms with van der Waals surface area (Å²) in [4.78, 5) is 23.3. The average Bonchev–Trinajstić information content (AvgIpc) is 2.85.